The van der Waals surface area contributed by atoms with Crippen molar-refractivity contribution in [1.82, 2.24) is 10.6 Å². The van der Waals surface area contributed by atoms with Crippen molar-refractivity contribution in [2.45, 2.75) is 32.3 Å². The molecule has 4 nitrogen and oxygen atoms in total. The van der Waals surface area contributed by atoms with Gasteiger partial charge in [0.25, 0.3) is 0 Å². The van der Waals surface area contributed by atoms with Crippen LogP contribution in [0.1, 0.15) is 26.2 Å². The minimum atomic E-state index is -0.00239. The standard InChI is InChI=1S/C10H20N2O2/c1-2-5-12-10(13)8-14-9-4-3-6-11-7-9/h9,11H,2-8H2,1H3,(H,12,13). The molecule has 1 rings (SSSR count). The SMILES string of the molecule is CCCNC(=O)COC1CCCNC1. The van der Waals surface area contributed by atoms with Gasteiger partial charge in [0.2, 0.25) is 5.91 Å². The van der Waals surface area contributed by atoms with E-state index in [4.69, 9.17) is 4.74 Å². The van der Waals surface area contributed by atoms with E-state index in [9.17, 15) is 4.79 Å². The molecule has 1 saturated heterocycles. The molecular formula is C10H20N2O2. The molecule has 1 fully saturated rings. The van der Waals surface area contributed by atoms with Crippen LogP contribution in [0.4, 0.5) is 0 Å². The maximum atomic E-state index is 11.2. The van der Waals surface area contributed by atoms with Crippen molar-refractivity contribution < 1.29 is 9.53 Å². The third-order valence-corrected chi connectivity index (χ3v) is 2.27. The van der Waals surface area contributed by atoms with Gasteiger partial charge in [0.1, 0.15) is 6.61 Å². The minimum absolute atomic E-state index is 0.00239. The average molecular weight is 200 g/mol. The van der Waals surface area contributed by atoms with E-state index < -0.39 is 0 Å². The molecule has 1 aliphatic rings. The van der Waals surface area contributed by atoms with Crippen LogP contribution in [-0.4, -0.2) is 38.3 Å². The Morgan fingerprint density at radius 1 is 1.64 bits per heavy atom. The van der Waals surface area contributed by atoms with E-state index in [-0.39, 0.29) is 18.6 Å². The van der Waals surface area contributed by atoms with Gasteiger partial charge in [-0.1, -0.05) is 6.92 Å². The van der Waals surface area contributed by atoms with Gasteiger partial charge < -0.3 is 15.4 Å². The van der Waals surface area contributed by atoms with Gasteiger partial charge in [-0.2, -0.15) is 0 Å². The molecule has 1 amide bonds. The highest BCUT2D eigenvalue weighted by atomic mass is 16.5. The summed E-state index contributed by atoms with van der Waals surface area (Å²) in [5, 5.41) is 6.03. The lowest BCUT2D eigenvalue weighted by atomic mass is 10.1. The molecule has 1 atom stereocenters. The predicted molar refractivity (Wildman–Crippen MR) is 55.1 cm³/mol. The Balaban J connectivity index is 2.03. The highest BCUT2D eigenvalue weighted by Gasteiger charge is 2.14. The normalized spacial score (nSPS) is 21.9. The summed E-state index contributed by atoms with van der Waals surface area (Å²) in [5.74, 6) is -0.00239. The lowest BCUT2D eigenvalue weighted by Gasteiger charge is -2.22. The first-order valence-corrected chi connectivity index (χ1v) is 5.42. The Morgan fingerprint density at radius 2 is 2.50 bits per heavy atom. The predicted octanol–water partition coefficient (Wildman–Crippen LogP) is 0.281. The van der Waals surface area contributed by atoms with Crippen molar-refractivity contribution in [1.29, 1.82) is 0 Å². The molecule has 14 heavy (non-hydrogen) atoms. The molecule has 2 N–H and O–H groups in total. The van der Waals surface area contributed by atoms with E-state index in [1.54, 1.807) is 0 Å². The van der Waals surface area contributed by atoms with Gasteiger partial charge in [0.05, 0.1) is 6.10 Å². The van der Waals surface area contributed by atoms with Crippen LogP contribution in [-0.2, 0) is 9.53 Å². The molecule has 0 saturated carbocycles. The highest BCUT2D eigenvalue weighted by Crippen LogP contribution is 2.05. The summed E-state index contributed by atoms with van der Waals surface area (Å²) in [7, 11) is 0. The Morgan fingerprint density at radius 3 is 3.14 bits per heavy atom. The van der Waals surface area contributed by atoms with E-state index in [0.717, 1.165) is 38.9 Å². The quantitative estimate of drug-likeness (QED) is 0.670. The van der Waals surface area contributed by atoms with Gasteiger partial charge in [0.15, 0.2) is 0 Å². The zero-order chi connectivity index (χ0) is 10.2. The Kier molecular flexibility index (Phi) is 5.56. The van der Waals surface area contributed by atoms with Gasteiger partial charge in [-0.05, 0) is 25.8 Å². The highest BCUT2D eigenvalue weighted by molar-refractivity contribution is 5.77. The molecule has 0 radical (unpaired) electrons. The third kappa shape index (κ3) is 4.58. The van der Waals surface area contributed by atoms with Crippen molar-refractivity contribution in [3.05, 3.63) is 0 Å². The van der Waals surface area contributed by atoms with Gasteiger partial charge in [-0.15, -0.1) is 0 Å². The fourth-order valence-corrected chi connectivity index (χ4v) is 1.47. The number of hydrogen-bond acceptors (Lipinski definition) is 3. The molecule has 0 bridgehead atoms. The molecule has 4 heteroatoms. The van der Waals surface area contributed by atoms with Crippen molar-refractivity contribution >= 4 is 5.91 Å². The van der Waals surface area contributed by atoms with Crippen molar-refractivity contribution in [2.75, 3.05) is 26.2 Å². The molecule has 82 valence electrons. The van der Waals surface area contributed by atoms with E-state index in [2.05, 4.69) is 10.6 Å². The van der Waals surface area contributed by atoms with Gasteiger partial charge in [-0.25, -0.2) is 0 Å². The maximum Gasteiger partial charge on any atom is 0.246 e. The van der Waals surface area contributed by atoms with Crippen LogP contribution in [0.3, 0.4) is 0 Å². The monoisotopic (exact) mass is 200 g/mol. The summed E-state index contributed by atoms with van der Waals surface area (Å²) >= 11 is 0. The molecule has 0 spiro atoms. The number of carbonyl (C=O) groups is 1. The number of ether oxygens (including phenoxy) is 1. The molecule has 1 heterocycles. The fourth-order valence-electron chi connectivity index (χ4n) is 1.47. The lowest BCUT2D eigenvalue weighted by molar-refractivity contribution is -0.128. The molecule has 1 aliphatic heterocycles. The van der Waals surface area contributed by atoms with E-state index in [1.165, 1.54) is 0 Å². The van der Waals surface area contributed by atoms with Crippen molar-refractivity contribution in [3.8, 4) is 0 Å². The first-order chi connectivity index (χ1) is 6.83. The van der Waals surface area contributed by atoms with Crippen molar-refractivity contribution in [2.24, 2.45) is 0 Å². The van der Waals surface area contributed by atoms with Crippen molar-refractivity contribution in [3.63, 3.8) is 0 Å². The summed E-state index contributed by atoms with van der Waals surface area (Å²) in [6.07, 6.45) is 3.39. The zero-order valence-corrected chi connectivity index (χ0v) is 8.84. The molecule has 0 aromatic rings. The van der Waals surface area contributed by atoms with Crippen LogP contribution in [0.2, 0.25) is 0 Å². The number of nitrogens with one attached hydrogen (secondary N) is 2. The summed E-state index contributed by atoms with van der Waals surface area (Å²) in [6, 6.07) is 0. The van der Waals surface area contributed by atoms with Gasteiger partial charge in [-0.3, -0.25) is 4.79 Å². The second kappa shape index (κ2) is 6.79. The number of rotatable bonds is 5. The third-order valence-electron chi connectivity index (χ3n) is 2.27. The van der Waals surface area contributed by atoms with E-state index in [0.29, 0.717) is 0 Å². The second-order valence-corrected chi connectivity index (χ2v) is 3.63. The van der Waals surface area contributed by atoms with Gasteiger partial charge >= 0.3 is 0 Å². The van der Waals surface area contributed by atoms with Crippen LogP contribution >= 0.6 is 0 Å². The molecular weight excluding hydrogens is 180 g/mol. The largest absolute Gasteiger partial charge is 0.367 e. The van der Waals surface area contributed by atoms with E-state index >= 15 is 0 Å². The van der Waals surface area contributed by atoms with Crippen LogP contribution in [0.25, 0.3) is 0 Å². The van der Waals surface area contributed by atoms with Gasteiger partial charge in [0, 0.05) is 13.1 Å². The number of amides is 1. The fraction of sp³-hybridized carbons (Fsp3) is 0.900. The zero-order valence-electron chi connectivity index (χ0n) is 8.84. The first kappa shape index (κ1) is 11.5. The van der Waals surface area contributed by atoms with E-state index in [1.807, 2.05) is 6.92 Å². The van der Waals surface area contributed by atoms with Crippen LogP contribution < -0.4 is 10.6 Å². The number of piperidine rings is 1. The summed E-state index contributed by atoms with van der Waals surface area (Å²) < 4.78 is 5.47. The molecule has 0 aromatic carbocycles. The second-order valence-electron chi connectivity index (χ2n) is 3.63. The smallest absolute Gasteiger partial charge is 0.246 e. The molecule has 0 aromatic heterocycles. The first-order valence-electron chi connectivity index (χ1n) is 5.42. The van der Waals surface area contributed by atoms with Crippen LogP contribution in [0.5, 0.6) is 0 Å². The summed E-state index contributed by atoms with van der Waals surface area (Å²) in [6.45, 7) is 4.92. The molecule has 1 unspecified atom stereocenters. The topological polar surface area (TPSA) is 50.4 Å². The molecule has 0 aliphatic carbocycles. The number of carbonyl (C=O) groups excluding carboxylic acids is 1. The van der Waals surface area contributed by atoms with Crippen LogP contribution in [0.15, 0.2) is 0 Å². The Labute approximate surface area is 85.4 Å². The lowest BCUT2D eigenvalue weighted by Crippen LogP contribution is -2.38. The summed E-state index contributed by atoms with van der Waals surface area (Å²) in [5.41, 5.74) is 0. The summed E-state index contributed by atoms with van der Waals surface area (Å²) in [4.78, 5) is 11.2. The van der Waals surface area contributed by atoms with Crippen LogP contribution in [0, 0.1) is 0 Å². The Bertz CT molecular complexity index is 168. The minimum Gasteiger partial charge on any atom is -0.367 e. The average Bonchev–Trinajstić information content (AvgIpc) is 2.25. The Hall–Kier alpha value is -0.610. The number of hydrogen-bond donors (Lipinski definition) is 2. The maximum absolute atomic E-state index is 11.2.